The molecule has 3 nitrogen and oxygen atoms in total. The second-order valence-electron chi connectivity index (χ2n) is 4.55. The van der Waals surface area contributed by atoms with Crippen LogP contribution in [0.5, 0.6) is 0 Å². The third-order valence-electron chi connectivity index (χ3n) is 3.19. The van der Waals surface area contributed by atoms with Crippen molar-refractivity contribution in [3.05, 3.63) is 50.7 Å². The molecule has 0 aliphatic rings. The second-order valence-corrected chi connectivity index (χ2v) is 5.84. The first kappa shape index (κ1) is 14.6. The van der Waals surface area contributed by atoms with Gasteiger partial charge in [-0.2, -0.15) is 5.10 Å². The molecule has 0 saturated carbocycles. The number of nitrogens with zero attached hydrogens (tertiary/aromatic N) is 2. The van der Waals surface area contributed by atoms with Crippen LogP contribution in [0, 0.1) is 0 Å². The molecule has 0 amide bonds. The van der Waals surface area contributed by atoms with Gasteiger partial charge in [0.05, 0.1) is 16.4 Å². The molecule has 0 aliphatic carbocycles. The molecule has 0 aliphatic heterocycles. The molecule has 0 fully saturated rings. The first-order chi connectivity index (χ1) is 9.02. The van der Waals surface area contributed by atoms with E-state index in [-0.39, 0.29) is 6.04 Å². The number of hydrogen-bond acceptors (Lipinski definition) is 2. The number of aryl methyl sites for hydroxylation is 2. The van der Waals surface area contributed by atoms with Crippen LogP contribution in [-0.2, 0) is 19.9 Å². The van der Waals surface area contributed by atoms with Gasteiger partial charge in [-0.25, -0.2) is 0 Å². The summed E-state index contributed by atoms with van der Waals surface area (Å²) in [4.78, 5) is 0. The maximum atomic E-state index is 6.34. The molecule has 1 heterocycles. The third kappa shape index (κ3) is 3.19. The van der Waals surface area contributed by atoms with Gasteiger partial charge in [0.2, 0.25) is 0 Å². The van der Waals surface area contributed by atoms with Gasteiger partial charge < -0.3 is 5.73 Å². The van der Waals surface area contributed by atoms with Gasteiger partial charge in [0.25, 0.3) is 0 Å². The zero-order valence-electron chi connectivity index (χ0n) is 11.0. The van der Waals surface area contributed by atoms with E-state index in [4.69, 9.17) is 17.3 Å². The lowest BCUT2D eigenvalue weighted by molar-refractivity contribution is 0.638. The van der Waals surface area contributed by atoms with E-state index < -0.39 is 0 Å². The van der Waals surface area contributed by atoms with Gasteiger partial charge in [0, 0.05) is 24.0 Å². The lowest BCUT2D eigenvalue weighted by atomic mass is 10.0. The minimum absolute atomic E-state index is 0.0879. The molecular formula is C14H17BrClN3. The van der Waals surface area contributed by atoms with Gasteiger partial charge in [-0.05, 0) is 24.1 Å². The lowest BCUT2D eigenvalue weighted by Crippen LogP contribution is -2.15. The fourth-order valence-electron chi connectivity index (χ4n) is 2.10. The Morgan fingerprint density at radius 2 is 2.21 bits per heavy atom. The fraction of sp³-hybridized carbons (Fsp3) is 0.357. The summed E-state index contributed by atoms with van der Waals surface area (Å²) in [5, 5.41) is 5.16. The lowest BCUT2D eigenvalue weighted by Gasteiger charge is -2.13. The molecule has 2 rings (SSSR count). The van der Waals surface area contributed by atoms with Crippen molar-refractivity contribution in [2.24, 2.45) is 12.8 Å². The van der Waals surface area contributed by atoms with Gasteiger partial charge in [0.1, 0.15) is 0 Å². The molecule has 2 N–H and O–H groups in total. The molecule has 1 aromatic carbocycles. The number of aromatic nitrogens is 2. The fourth-order valence-corrected chi connectivity index (χ4v) is 2.89. The van der Waals surface area contributed by atoms with E-state index in [0.29, 0.717) is 6.42 Å². The molecular weight excluding hydrogens is 326 g/mol. The van der Waals surface area contributed by atoms with Crippen molar-refractivity contribution in [2.75, 3.05) is 0 Å². The number of hydrogen-bond donors (Lipinski definition) is 1. The molecule has 0 bridgehead atoms. The van der Waals surface area contributed by atoms with Gasteiger partial charge >= 0.3 is 0 Å². The number of rotatable bonds is 4. The van der Waals surface area contributed by atoms with Crippen molar-refractivity contribution in [2.45, 2.75) is 25.8 Å². The summed E-state index contributed by atoms with van der Waals surface area (Å²) >= 11 is 9.81. The SMILES string of the molecule is CCc1nn(C)c(CC(N)c2cccc(Br)c2)c1Cl. The van der Waals surface area contributed by atoms with Crippen molar-refractivity contribution in [3.8, 4) is 0 Å². The quantitative estimate of drug-likeness (QED) is 0.922. The summed E-state index contributed by atoms with van der Waals surface area (Å²) in [7, 11) is 1.91. The van der Waals surface area contributed by atoms with E-state index in [1.165, 1.54) is 0 Å². The Labute approximate surface area is 126 Å². The second kappa shape index (κ2) is 6.07. The molecule has 0 radical (unpaired) electrons. The monoisotopic (exact) mass is 341 g/mol. The van der Waals surface area contributed by atoms with Crippen LogP contribution in [0.1, 0.15) is 29.9 Å². The number of nitrogens with two attached hydrogens (primary N) is 1. The Hall–Kier alpha value is -0.840. The van der Waals surface area contributed by atoms with E-state index >= 15 is 0 Å². The minimum Gasteiger partial charge on any atom is -0.324 e. The van der Waals surface area contributed by atoms with Crippen LogP contribution >= 0.6 is 27.5 Å². The van der Waals surface area contributed by atoms with Crippen LogP contribution in [0.2, 0.25) is 5.02 Å². The molecule has 1 atom stereocenters. The average molecular weight is 343 g/mol. The maximum Gasteiger partial charge on any atom is 0.0850 e. The summed E-state index contributed by atoms with van der Waals surface area (Å²) in [6.45, 7) is 2.05. The highest BCUT2D eigenvalue weighted by atomic mass is 79.9. The Balaban J connectivity index is 2.24. The van der Waals surface area contributed by atoms with Crippen LogP contribution in [0.15, 0.2) is 28.7 Å². The van der Waals surface area contributed by atoms with Crippen molar-refractivity contribution in [3.63, 3.8) is 0 Å². The first-order valence-electron chi connectivity index (χ1n) is 6.24. The van der Waals surface area contributed by atoms with Gasteiger partial charge in [0.15, 0.2) is 0 Å². The normalized spacial score (nSPS) is 12.7. The highest BCUT2D eigenvalue weighted by molar-refractivity contribution is 9.10. The van der Waals surface area contributed by atoms with Crippen LogP contribution in [0.4, 0.5) is 0 Å². The Morgan fingerprint density at radius 1 is 1.47 bits per heavy atom. The van der Waals surface area contributed by atoms with Crippen molar-refractivity contribution in [1.82, 2.24) is 9.78 Å². The zero-order chi connectivity index (χ0) is 14.0. The molecule has 1 unspecified atom stereocenters. The topological polar surface area (TPSA) is 43.8 Å². The summed E-state index contributed by atoms with van der Waals surface area (Å²) in [6, 6.07) is 7.95. The van der Waals surface area contributed by atoms with E-state index in [9.17, 15) is 0 Å². The summed E-state index contributed by atoms with van der Waals surface area (Å²) in [5.74, 6) is 0. The molecule has 2 aromatic rings. The molecule has 102 valence electrons. The highest BCUT2D eigenvalue weighted by Crippen LogP contribution is 2.26. The van der Waals surface area contributed by atoms with Crippen LogP contribution in [0.3, 0.4) is 0 Å². The van der Waals surface area contributed by atoms with Gasteiger partial charge in [-0.1, -0.05) is 46.6 Å². The molecule has 0 saturated heterocycles. The van der Waals surface area contributed by atoms with Crippen LogP contribution in [-0.4, -0.2) is 9.78 Å². The van der Waals surface area contributed by atoms with Crippen molar-refractivity contribution < 1.29 is 0 Å². The summed E-state index contributed by atoms with van der Waals surface area (Å²) in [5.41, 5.74) is 9.27. The van der Waals surface area contributed by atoms with E-state index in [1.54, 1.807) is 0 Å². The Morgan fingerprint density at radius 3 is 2.79 bits per heavy atom. The largest absolute Gasteiger partial charge is 0.324 e. The Kier molecular flexibility index (Phi) is 4.66. The van der Waals surface area contributed by atoms with Crippen LogP contribution < -0.4 is 5.73 Å². The molecule has 1 aromatic heterocycles. The standard InChI is InChI=1S/C14H17BrClN3/c1-3-12-14(16)13(19(2)18-12)8-11(17)9-5-4-6-10(15)7-9/h4-7,11H,3,8,17H2,1-2H3. The molecule has 5 heteroatoms. The molecule has 0 spiro atoms. The number of halogens is 2. The first-order valence-corrected chi connectivity index (χ1v) is 7.41. The van der Waals surface area contributed by atoms with Gasteiger partial charge in [-0.15, -0.1) is 0 Å². The number of benzene rings is 1. The summed E-state index contributed by atoms with van der Waals surface area (Å²) < 4.78 is 2.87. The average Bonchev–Trinajstić information content (AvgIpc) is 2.66. The predicted molar refractivity (Wildman–Crippen MR) is 82.4 cm³/mol. The smallest absolute Gasteiger partial charge is 0.0850 e. The van der Waals surface area contributed by atoms with E-state index in [1.807, 2.05) is 42.9 Å². The van der Waals surface area contributed by atoms with E-state index in [0.717, 1.165) is 32.9 Å². The third-order valence-corrected chi connectivity index (χ3v) is 4.12. The highest BCUT2D eigenvalue weighted by Gasteiger charge is 2.16. The predicted octanol–water partition coefficient (Wildman–Crippen LogP) is 3.64. The summed E-state index contributed by atoms with van der Waals surface area (Å²) in [6.07, 6.45) is 1.51. The maximum absolute atomic E-state index is 6.34. The van der Waals surface area contributed by atoms with Crippen molar-refractivity contribution in [1.29, 1.82) is 0 Å². The van der Waals surface area contributed by atoms with E-state index in [2.05, 4.69) is 21.0 Å². The minimum atomic E-state index is -0.0879. The van der Waals surface area contributed by atoms with Gasteiger partial charge in [-0.3, -0.25) is 4.68 Å². The Bertz CT molecular complexity index is 580. The van der Waals surface area contributed by atoms with Crippen LogP contribution in [0.25, 0.3) is 0 Å². The molecule has 19 heavy (non-hydrogen) atoms. The zero-order valence-corrected chi connectivity index (χ0v) is 13.4. The van der Waals surface area contributed by atoms with Crippen molar-refractivity contribution >= 4 is 27.5 Å².